The first-order valence-electron chi connectivity index (χ1n) is 7.55. The number of methoxy groups -OCH3 is 1. The van der Waals surface area contributed by atoms with Crippen molar-refractivity contribution in [3.63, 3.8) is 0 Å². The summed E-state index contributed by atoms with van der Waals surface area (Å²) < 4.78 is 4.95. The fourth-order valence-electron chi connectivity index (χ4n) is 2.03. The number of allylic oxidation sites excluding steroid dienone is 1. The Bertz CT molecular complexity index is 152. The van der Waals surface area contributed by atoms with Crippen molar-refractivity contribution in [3.05, 3.63) is 12.2 Å². The molecule has 0 amide bonds. The van der Waals surface area contributed by atoms with Gasteiger partial charge in [-0.2, -0.15) is 0 Å². The fourth-order valence-corrected chi connectivity index (χ4v) is 2.03. The molecule has 0 radical (unpaired) electrons. The minimum atomic E-state index is 0.762. The number of hydrogen-bond acceptors (Lipinski definition) is 1. The van der Waals surface area contributed by atoms with Crippen LogP contribution >= 0.6 is 0 Å². The Morgan fingerprint density at radius 2 is 1.24 bits per heavy atom. The summed E-state index contributed by atoms with van der Waals surface area (Å²) in [7, 11) is 1.74. The molecule has 17 heavy (non-hydrogen) atoms. The quantitative estimate of drug-likeness (QED) is 0.305. The third-order valence-electron chi connectivity index (χ3n) is 3.15. The maximum atomic E-state index is 4.95. The Kier molecular flexibility index (Phi) is 15.4. The van der Waals surface area contributed by atoms with Gasteiger partial charge in [0.15, 0.2) is 0 Å². The summed E-state index contributed by atoms with van der Waals surface area (Å²) in [6.07, 6.45) is 19.8. The van der Waals surface area contributed by atoms with Gasteiger partial charge in [-0.25, -0.2) is 0 Å². The van der Waals surface area contributed by atoms with Crippen LogP contribution in [0.4, 0.5) is 0 Å². The van der Waals surface area contributed by atoms with E-state index in [-0.39, 0.29) is 0 Å². The number of rotatable bonds is 13. The zero-order chi connectivity index (χ0) is 12.6. The fraction of sp³-hybridized carbons (Fsp3) is 0.875. The van der Waals surface area contributed by atoms with Crippen molar-refractivity contribution in [1.82, 2.24) is 0 Å². The van der Waals surface area contributed by atoms with Crippen molar-refractivity contribution in [3.8, 4) is 0 Å². The molecule has 1 heteroatoms. The Labute approximate surface area is 109 Å². The maximum Gasteiger partial charge on any atom is 0.0643 e. The lowest BCUT2D eigenvalue weighted by Crippen LogP contribution is -1.82. The second-order valence-corrected chi connectivity index (χ2v) is 4.90. The molecule has 0 aromatic heterocycles. The molecule has 0 N–H and O–H groups in total. The van der Waals surface area contributed by atoms with Crippen LogP contribution < -0.4 is 0 Å². The minimum absolute atomic E-state index is 0.762. The molecule has 102 valence electrons. The zero-order valence-electron chi connectivity index (χ0n) is 12.0. The number of unbranched alkanes of at least 4 members (excludes halogenated alkanes) is 10. The summed E-state index contributed by atoms with van der Waals surface area (Å²) in [5, 5.41) is 0. The van der Waals surface area contributed by atoms with E-state index in [0.29, 0.717) is 0 Å². The van der Waals surface area contributed by atoms with Gasteiger partial charge in [-0.1, -0.05) is 76.9 Å². The van der Waals surface area contributed by atoms with E-state index >= 15 is 0 Å². The lowest BCUT2D eigenvalue weighted by molar-refractivity contribution is 0.233. The van der Waals surface area contributed by atoms with Crippen molar-refractivity contribution in [2.24, 2.45) is 0 Å². The summed E-state index contributed by atoms with van der Waals surface area (Å²) >= 11 is 0. The molecule has 0 fully saturated rings. The molecule has 0 spiro atoms. The molecular weight excluding hydrogens is 208 g/mol. The van der Waals surface area contributed by atoms with Crippen molar-refractivity contribution in [2.75, 3.05) is 13.7 Å². The Balaban J connectivity index is 2.94. The molecule has 0 unspecified atom stereocenters. The van der Waals surface area contributed by atoms with E-state index in [9.17, 15) is 0 Å². The highest BCUT2D eigenvalue weighted by atomic mass is 16.5. The predicted molar refractivity (Wildman–Crippen MR) is 77.5 cm³/mol. The average molecular weight is 240 g/mol. The van der Waals surface area contributed by atoms with Gasteiger partial charge in [0, 0.05) is 7.11 Å². The van der Waals surface area contributed by atoms with Gasteiger partial charge in [0.05, 0.1) is 6.61 Å². The van der Waals surface area contributed by atoms with Gasteiger partial charge in [0.2, 0.25) is 0 Å². The van der Waals surface area contributed by atoms with E-state index < -0.39 is 0 Å². The first kappa shape index (κ1) is 16.7. The highest BCUT2D eigenvalue weighted by molar-refractivity contribution is 4.80. The van der Waals surface area contributed by atoms with Crippen LogP contribution in [-0.2, 0) is 4.74 Å². The molecular formula is C16H32O. The summed E-state index contributed by atoms with van der Waals surface area (Å²) in [5.74, 6) is 0. The first-order valence-corrected chi connectivity index (χ1v) is 7.55. The van der Waals surface area contributed by atoms with E-state index in [1.54, 1.807) is 7.11 Å². The van der Waals surface area contributed by atoms with Gasteiger partial charge in [0.1, 0.15) is 0 Å². The molecule has 0 saturated carbocycles. The molecule has 0 aliphatic carbocycles. The van der Waals surface area contributed by atoms with Crippen LogP contribution in [0.5, 0.6) is 0 Å². The standard InChI is InChI=1S/C16H32O/c1-3-4-5-6-7-8-9-10-11-12-13-14-15-16-17-2/h14-15H,3-13,16H2,1-2H3/b15-14+. The molecule has 0 aromatic carbocycles. The van der Waals surface area contributed by atoms with E-state index in [1.807, 2.05) is 0 Å². The monoisotopic (exact) mass is 240 g/mol. The van der Waals surface area contributed by atoms with Gasteiger partial charge < -0.3 is 4.74 Å². The van der Waals surface area contributed by atoms with Crippen molar-refractivity contribution >= 4 is 0 Å². The van der Waals surface area contributed by atoms with Gasteiger partial charge in [-0.3, -0.25) is 0 Å². The van der Waals surface area contributed by atoms with E-state index in [0.717, 1.165) is 6.61 Å². The van der Waals surface area contributed by atoms with Crippen molar-refractivity contribution in [1.29, 1.82) is 0 Å². The first-order chi connectivity index (χ1) is 8.41. The molecule has 0 rings (SSSR count). The SMILES string of the molecule is CCCCCCCCCCCC/C=C/COC. The molecule has 1 nitrogen and oxygen atoms in total. The van der Waals surface area contributed by atoms with Crippen LogP contribution in [0.2, 0.25) is 0 Å². The molecule has 0 heterocycles. The second kappa shape index (κ2) is 15.7. The van der Waals surface area contributed by atoms with Gasteiger partial charge >= 0.3 is 0 Å². The molecule has 0 atom stereocenters. The summed E-state index contributed by atoms with van der Waals surface area (Å²) in [6, 6.07) is 0. The van der Waals surface area contributed by atoms with Crippen LogP contribution in [0.3, 0.4) is 0 Å². The Morgan fingerprint density at radius 3 is 1.76 bits per heavy atom. The highest BCUT2D eigenvalue weighted by Crippen LogP contribution is 2.11. The lowest BCUT2D eigenvalue weighted by atomic mass is 10.1. The number of ether oxygens (including phenoxy) is 1. The van der Waals surface area contributed by atoms with Crippen molar-refractivity contribution < 1.29 is 4.74 Å². The summed E-state index contributed by atoms with van der Waals surface area (Å²) in [5.41, 5.74) is 0. The minimum Gasteiger partial charge on any atom is -0.381 e. The van der Waals surface area contributed by atoms with Gasteiger partial charge in [0.25, 0.3) is 0 Å². The lowest BCUT2D eigenvalue weighted by Gasteiger charge is -2.01. The largest absolute Gasteiger partial charge is 0.381 e. The highest BCUT2D eigenvalue weighted by Gasteiger charge is 1.91. The van der Waals surface area contributed by atoms with Gasteiger partial charge in [-0.15, -0.1) is 0 Å². The van der Waals surface area contributed by atoms with Crippen LogP contribution in [0.25, 0.3) is 0 Å². The Hall–Kier alpha value is -0.300. The van der Waals surface area contributed by atoms with Crippen LogP contribution in [0, 0.1) is 0 Å². The average Bonchev–Trinajstić information content (AvgIpc) is 2.35. The topological polar surface area (TPSA) is 9.23 Å². The van der Waals surface area contributed by atoms with Crippen LogP contribution in [-0.4, -0.2) is 13.7 Å². The molecule has 0 bridgehead atoms. The summed E-state index contributed by atoms with van der Waals surface area (Å²) in [6.45, 7) is 3.04. The Morgan fingerprint density at radius 1 is 0.706 bits per heavy atom. The van der Waals surface area contributed by atoms with E-state index in [4.69, 9.17) is 4.74 Å². The number of hydrogen-bond donors (Lipinski definition) is 0. The van der Waals surface area contributed by atoms with Crippen LogP contribution in [0.1, 0.15) is 77.6 Å². The van der Waals surface area contributed by atoms with E-state index in [2.05, 4.69) is 19.1 Å². The van der Waals surface area contributed by atoms with Crippen molar-refractivity contribution in [2.45, 2.75) is 77.6 Å². The molecule has 0 saturated heterocycles. The second-order valence-electron chi connectivity index (χ2n) is 4.90. The molecule has 0 aliphatic heterocycles. The van der Waals surface area contributed by atoms with Gasteiger partial charge in [-0.05, 0) is 12.8 Å². The third kappa shape index (κ3) is 15.7. The van der Waals surface area contributed by atoms with Crippen LogP contribution in [0.15, 0.2) is 12.2 Å². The smallest absolute Gasteiger partial charge is 0.0643 e. The normalized spacial score (nSPS) is 11.4. The molecule has 0 aliphatic rings. The third-order valence-corrected chi connectivity index (χ3v) is 3.15. The molecule has 0 aromatic rings. The predicted octanol–water partition coefficient (Wildman–Crippen LogP) is 5.50. The maximum absolute atomic E-state index is 4.95. The zero-order valence-corrected chi connectivity index (χ0v) is 12.0. The summed E-state index contributed by atoms with van der Waals surface area (Å²) in [4.78, 5) is 0. The van der Waals surface area contributed by atoms with E-state index in [1.165, 1.54) is 70.6 Å².